The summed E-state index contributed by atoms with van der Waals surface area (Å²) in [6.07, 6.45) is 0. The van der Waals surface area contributed by atoms with E-state index in [-0.39, 0.29) is 37.2 Å². The first kappa shape index (κ1) is 24.9. The van der Waals surface area contributed by atoms with E-state index in [1.165, 1.54) is 4.31 Å². The standard InChI is InChI=1S/C22H35N3O6S/c1-5-23-6-8-24(9-7-23)21(26)16-31-15-19-14-30-11-10-25(19)32(27,28)22-17(2)12-20(29-4)13-18(22)3/h12-13,19H,5-11,14-16H2,1-4H3/t19-/m0/s1. The van der Waals surface area contributed by atoms with Crippen LogP contribution in [-0.4, -0.2) is 107 Å². The summed E-state index contributed by atoms with van der Waals surface area (Å²) in [5.41, 5.74) is 1.27. The number of sulfonamides is 1. The van der Waals surface area contributed by atoms with Gasteiger partial charge in [-0.3, -0.25) is 4.79 Å². The molecule has 180 valence electrons. The molecule has 1 aromatic carbocycles. The first-order chi connectivity index (χ1) is 15.3. The Morgan fingerprint density at radius 2 is 1.78 bits per heavy atom. The van der Waals surface area contributed by atoms with Crippen LogP contribution in [0.15, 0.2) is 17.0 Å². The first-order valence-electron chi connectivity index (χ1n) is 11.1. The molecule has 10 heteroatoms. The maximum Gasteiger partial charge on any atom is 0.248 e. The Morgan fingerprint density at radius 1 is 1.12 bits per heavy atom. The van der Waals surface area contributed by atoms with Crippen molar-refractivity contribution in [3.05, 3.63) is 23.3 Å². The van der Waals surface area contributed by atoms with E-state index < -0.39 is 16.1 Å². The number of hydrogen-bond donors (Lipinski definition) is 0. The Balaban J connectivity index is 1.64. The lowest BCUT2D eigenvalue weighted by Gasteiger charge is -2.36. The molecule has 0 saturated carbocycles. The number of ether oxygens (including phenoxy) is 3. The molecule has 32 heavy (non-hydrogen) atoms. The normalized spacial score (nSPS) is 21.0. The molecule has 3 rings (SSSR count). The van der Waals surface area contributed by atoms with Crippen LogP contribution in [0.3, 0.4) is 0 Å². The van der Waals surface area contributed by atoms with Crippen molar-refractivity contribution in [1.29, 1.82) is 0 Å². The third-order valence-electron chi connectivity index (χ3n) is 6.12. The second-order valence-corrected chi connectivity index (χ2v) is 10.1. The lowest BCUT2D eigenvalue weighted by Crippen LogP contribution is -2.52. The Kier molecular flexibility index (Phi) is 8.51. The lowest BCUT2D eigenvalue weighted by molar-refractivity contribution is -0.138. The van der Waals surface area contributed by atoms with E-state index in [2.05, 4.69) is 11.8 Å². The summed E-state index contributed by atoms with van der Waals surface area (Å²) in [4.78, 5) is 16.9. The Hall–Kier alpha value is -1.72. The van der Waals surface area contributed by atoms with Crippen molar-refractivity contribution in [3.63, 3.8) is 0 Å². The maximum absolute atomic E-state index is 13.5. The molecule has 1 atom stereocenters. The maximum atomic E-state index is 13.5. The molecule has 0 N–H and O–H groups in total. The molecule has 1 aromatic rings. The highest BCUT2D eigenvalue weighted by atomic mass is 32.2. The van der Waals surface area contributed by atoms with Gasteiger partial charge in [-0.15, -0.1) is 0 Å². The number of benzene rings is 1. The van der Waals surface area contributed by atoms with E-state index in [0.29, 0.717) is 36.6 Å². The van der Waals surface area contributed by atoms with E-state index >= 15 is 0 Å². The number of piperazine rings is 1. The molecule has 0 radical (unpaired) electrons. The third kappa shape index (κ3) is 5.60. The zero-order valence-corrected chi connectivity index (χ0v) is 20.3. The van der Waals surface area contributed by atoms with Gasteiger partial charge in [0.1, 0.15) is 12.4 Å². The summed E-state index contributed by atoms with van der Waals surface area (Å²) in [5.74, 6) is 0.563. The number of aryl methyl sites for hydroxylation is 2. The Bertz CT molecular complexity index is 876. The van der Waals surface area contributed by atoms with Gasteiger partial charge in [0, 0.05) is 32.7 Å². The molecule has 2 heterocycles. The number of methoxy groups -OCH3 is 1. The van der Waals surface area contributed by atoms with E-state index in [9.17, 15) is 13.2 Å². The summed E-state index contributed by atoms with van der Waals surface area (Å²) < 4.78 is 45.0. The van der Waals surface area contributed by atoms with Gasteiger partial charge in [-0.25, -0.2) is 8.42 Å². The molecular formula is C22H35N3O6S. The number of amides is 1. The largest absolute Gasteiger partial charge is 0.497 e. The first-order valence-corrected chi connectivity index (χ1v) is 12.5. The molecule has 9 nitrogen and oxygen atoms in total. The summed E-state index contributed by atoms with van der Waals surface area (Å²) in [5, 5.41) is 0. The predicted octanol–water partition coefficient (Wildman–Crippen LogP) is 0.882. The van der Waals surface area contributed by atoms with Gasteiger partial charge >= 0.3 is 0 Å². The summed E-state index contributed by atoms with van der Waals surface area (Å²) in [6, 6.07) is 2.96. The highest BCUT2D eigenvalue weighted by molar-refractivity contribution is 7.89. The molecule has 0 spiro atoms. The number of carbonyl (C=O) groups excluding carboxylic acids is 1. The third-order valence-corrected chi connectivity index (χ3v) is 8.38. The van der Waals surface area contributed by atoms with Crippen LogP contribution < -0.4 is 4.74 Å². The van der Waals surface area contributed by atoms with Gasteiger partial charge in [-0.1, -0.05) is 6.92 Å². The zero-order chi connectivity index (χ0) is 23.3. The summed E-state index contributed by atoms with van der Waals surface area (Å²) in [6.45, 7) is 10.6. The second kappa shape index (κ2) is 10.9. The average Bonchev–Trinajstić information content (AvgIpc) is 2.78. The molecule has 0 unspecified atom stereocenters. The number of rotatable bonds is 8. The topological polar surface area (TPSA) is 88.6 Å². The van der Waals surface area contributed by atoms with Crippen LogP contribution in [0.5, 0.6) is 5.75 Å². The highest BCUT2D eigenvalue weighted by Gasteiger charge is 2.36. The summed E-state index contributed by atoms with van der Waals surface area (Å²) in [7, 11) is -2.20. The van der Waals surface area contributed by atoms with Crippen LogP contribution in [0.4, 0.5) is 0 Å². The van der Waals surface area contributed by atoms with Gasteiger partial charge in [0.25, 0.3) is 0 Å². The molecule has 0 aliphatic carbocycles. The zero-order valence-electron chi connectivity index (χ0n) is 19.5. The van der Waals surface area contributed by atoms with Crippen molar-refractivity contribution < 1.29 is 27.4 Å². The average molecular weight is 470 g/mol. The van der Waals surface area contributed by atoms with Crippen molar-refractivity contribution in [3.8, 4) is 5.75 Å². The highest BCUT2D eigenvalue weighted by Crippen LogP contribution is 2.30. The second-order valence-electron chi connectivity index (χ2n) is 8.26. The molecule has 2 saturated heterocycles. The van der Waals surface area contributed by atoms with E-state index in [4.69, 9.17) is 14.2 Å². The molecule has 0 aromatic heterocycles. The molecule has 2 fully saturated rings. The minimum Gasteiger partial charge on any atom is -0.497 e. The van der Waals surface area contributed by atoms with Crippen LogP contribution in [0, 0.1) is 13.8 Å². The lowest BCUT2D eigenvalue weighted by atomic mass is 10.1. The van der Waals surface area contributed by atoms with Crippen molar-refractivity contribution >= 4 is 15.9 Å². The molecule has 2 aliphatic rings. The van der Waals surface area contributed by atoms with E-state index in [1.807, 2.05) is 4.90 Å². The van der Waals surface area contributed by atoms with Gasteiger partial charge in [-0.05, 0) is 43.7 Å². The van der Waals surface area contributed by atoms with E-state index in [1.54, 1.807) is 33.1 Å². The van der Waals surface area contributed by atoms with Gasteiger partial charge < -0.3 is 24.0 Å². The fraction of sp³-hybridized carbons (Fsp3) is 0.682. The van der Waals surface area contributed by atoms with Crippen molar-refractivity contribution in [1.82, 2.24) is 14.1 Å². The number of morpholine rings is 1. The minimum atomic E-state index is -3.76. The van der Waals surface area contributed by atoms with Crippen LogP contribution in [0.1, 0.15) is 18.1 Å². The predicted molar refractivity (Wildman–Crippen MR) is 120 cm³/mol. The summed E-state index contributed by atoms with van der Waals surface area (Å²) >= 11 is 0. The van der Waals surface area contributed by atoms with Crippen molar-refractivity contribution in [2.45, 2.75) is 31.7 Å². The fourth-order valence-electron chi connectivity index (χ4n) is 4.33. The molecular weight excluding hydrogens is 434 g/mol. The van der Waals surface area contributed by atoms with Crippen LogP contribution in [-0.2, 0) is 24.3 Å². The fourth-order valence-corrected chi connectivity index (χ4v) is 6.32. The van der Waals surface area contributed by atoms with Gasteiger partial charge in [0.05, 0.1) is 37.9 Å². The van der Waals surface area contributed by atoms with Crippen LogP contribution in [0.2, 0.25) is 0 Å². The molecule has 2 aliphatic heterocycles. The van der Waals surface area contributed by atoms with Gasteiger partial charge in [0.15, 0.2) is 0 Å². The molecule has 0 bridgehead atoms. The SMILES string of the molecule is CCN1CCN(C(=O)COC[C@@H]2COCCN2S(=O)(=O)c2c(C)cc(OC)cc2C)CC1. The van der Waals surface area contributed by atoms with Gasteiger partial charge in [0.2, 0.25) is 15.9 Å². The molecule has 1 amide bonds. The van der Waals surface area contributed by atoms with Crippen LogP contribution in [0.25, 0.3) is 0 Å². The van der Waals surface area contributed by atoms with Crippen molar-refractivity contribution in [2.24, 2.45) is 0 Å². The number of hydrogen-bond acceptors (Lipinski definition) is 7. The quantitative estimate of drug-likeness (QED) is 0.559. The number of nitrogens with zero attached hydrogens (tertiary/aromatic N) is 3. The minimum absolute atomic E-state index is 0.0584. The smallest absolute Gasteiger partial charge is 0.248 e. The van der Waals surface area contributed by atoms with E-state index in [0.717, 1.165) is 19.6 Å². The number of carbonyl (C=O) groups is 1. The van der Waals surface area contributed by atoms with Gasteiger partial charge in [-0.2, -0.15) is 4.31 Å². The van der Waals surface area contributed by atoms with Crippen molar-refractivity contribution in [2.75, 3.05) is 72.8 Å². The Labute approximate surface area is 191 Å². The monoisotopic (exact) mass is 469 g/mol. The van der Waals surface area contributed by atoms with Crippen LogP contribution >= 0.6 is 0 Å². The number of likely N-dealkylation sites (N-methyl/N-ethyl adjacent to an activating group) is 1. The Morgan fingerprint density at radius 3 is 2.38 bits per heavy atom.